The fourth-order valence-electron chi connectivity index (χ4n) is 1.000. The Labute approximate surface area is 73.6 Å². The van der Waals surface area contributed by atoms with E-state index in [1.807, 2.05) is 0 Å². The maximum atomic E-state index is 10.5. The van der Waals surface area contributed by atoms with E-state index < -0.39 is 5.97 Å². The van der Waals surface area contributed by atoms with Crippen LogP contribution in [-0.2, 0) is 4.74 Å². The van der Waals surface area contributed by atoms with Gasteiger partial charge in [0.05, 0.1) is 6.26 Å². The number of nitrogens with zero attached hydrogens (tertiary/aromatic N) is 2. The third-order valence-electron chi connectivity index (χ3n) is 1.58. The topological polar surface area (TPSA) is 64.3 Å². The minimum atomic E-state index is -1.04. The van der Waals surface area contributed by atoms with Gasteiger partial charge >= 0.3 is 5.97 Å². The van der Waals surface area contributed by atoms with Gasteiger partial charge in [0, 0.05) is 18.5 Å². The van der Waals surface area contributed by atoms with Gasteiger partial charge in [-0.2, -0.15) is 0 Å². The number of hydrogen-bond acceptors (Lipinski definition) is 3. The largest absolute Gasteiger partial charge is 0.476 e. The predicted octanol–water partition coefficient (Wildman–Crippen LogP) is 1.01. The summed E-state index contributed by atoms with van der Waals surface area (Å²) in [4.78, 5) is 14.4. The Hall–Kier alpha value is -2.04. The number of ether oxygens (including phenoxy) is 1. The van der Waals surface area contributed by atoms with Gasteiger partial charge in [-0.05, 0) is 0 Å². The molecule has 0 unspecified atom stereocenters. The number of aromatic nitrogens is 2. The average Bonchev–Trinajstić information content (AvgIpc) is 2.38. The molecule has 1 aliphatic rings. The summed E-state index contributed by atoms with van der Waals surface area (Å²) in [5.74, 6) is -0.505. The van der Waals surface area contributed by atoms with Gasteiger partial charge in [-0.3, -0.25) is 0 Å². The molecule has 0 bridgehead atoms. The van der Waals surface area contributed by atoms with E-state index in [0.29, 0.717) is 5.82 Å². The van der Waals surface area contributed by atoms with Crippen molar-refractivity contribution in [2.24, 2.45) is 0 Å². The number of rotatable bonds is 1. The van der Waals surface area contributed by atoms with Crippen LogP contribution < -0.4 is 0 Å². The van der Waals surface area contributed by atoms with Crippen LogP contribution in [0.25, 0.3) is 12.3 Å². The van der Waals surface area contributed by atoms with Gasteiger partial charge in [0.15, 0.2) is 5.69 Å². The SMILES string of the molecule is O=C(O)c1cn2c(n1)C=COC=C2. The van der Waals surface area contributed by atoms with Crippen molar-refractivity contribution < 1.29 is 14.6 Å². The highest BCUT2D eigenvalue weighted by molar-refractivity contribution is 5.85. The maximum absolute atomic E-state index is 10.5. The Balaban J connectivity index is 2.50. The third kappa shape index (κ3) is 1.31. The lowest BCUT2D eigenvalue weighted by molar-refractivity contribution is 0.0691. The van der Waals surface area contributed by atoms with Crippen molar-refractivity contribution in [1.29, 1.82) is 0 Å². The van der Waals surface area contributed by atoms with E-state index in [1.165, 1.54) is 18.7 Å². The van der Waals surface area contributed by atoms with Crippen LogP contribution in [0.5, 0.6) is 0 Å². The molecule has 0 saturated heterocycles. The van der Waals surface area contributed by atoms with Crippen LogP contribution in [0.1, 0.15) is 16.3 Å². The summed E-state index contributed by atoms with van der Waals surface area (Å²) in [6, 6.07) is 0. The zero-order chi connectivity index (χ0) is 9.26. The Morgan fingerprint density at radius 3 is 3.15 bits per heavy atom. The molecule has 1 aromatic rings. The Morgan fingerprint density at radius 1 is 1.54 bits per heavy atom. The van der Waals surface area contributed by atoms with Crippen LogP contribution in [0.2, 0.25) is 0 Å². The van der Waals surface area contributed by atoms with Gasteiger partial charge in [-0.15, -0.1) is 0 Å². The van der Waals surface area contributed by atoms with Crippen LogP contribution in [0, 0.1) is 0 Å². The van der Waals surface area contributed by atoms with Crippen molar-refractivity contribution in [3.8, 4) is 0 Å². The van der Waals surface area contributed by atoms with Crippen molar-refractivity contribution in [2.45, 2.75) is 0 Å². The quantitative estimate of drug-likeness (QED) is 0.697. The lowest BCUT2D eigenvalue weighted by atomic mass is 10.5. The minimum Gasteiger partial charge on any atom is -0.476 e. The molecule has 0 atom stereocenters. The highest BCUT2D eigenvalue weighted by Crippen LogP contribution is 2.09. The Kier molecular flexibility index (Phi) is 1.63. The van der Waals surface area contributed by atoms with Gasteiger partial charge in [-0.25, -0.2) is 9.78 Å². The molecule has 2 rings (SSSR count). The minimum absolute atomic E-state index is 0.0196. The smallest absolute Gasteiger partial charge is 0.356 e. The maximum Gasteiger partial charge on any atom is 0.356 e. The molecule has 5 heteroatoms. The summed E-state index contributed by atoms with van der Waals surface area (Å²) in [7, 11) is 0. The number of hydrogen-bond donors (Lipinski definition) is 1. The predicted molar refractivity (Wildman–Crippen MR) is 44.6 cm³/mol. The summed E-state index contributed by atoms with van der Waals surface area (Å²) in [6.45, 7) is 0. The highest BCUT2D eigenvalue weighted by atomic mass is 16.5. The molecule has 13 heavy (non-hydrogen) atoms. The molecule has 1 aliphatic heterocycles. The normalized spacial score (nSPS) is 13.2. The molecular formula is C8H6N2O3. The first-order chi connectivity index (χ1) is 6.27. The molecule has 2 heterocycles. The Morgan fingerprint density at radius 2 is 2.38 bits per heavy atom. The van der Waals surface area contributed by atoms with Crippen LogP contribution in [-0.4, -0.2) is 20.6 Å². The van der Waals surface area contributed by atoms with Crippen LogP contribution >= 0.6 is 0 Å². The van der Waals surface area contributed by atoms with Crippen molar-refractivity contribution in [3.05, 3.63) is 30.2 Å². The summed E-state index contributed by atoms with van der Waals surface area (Å²) in [5, 5.41) is 8.65. The number of imidazole rings is 1. The number of fused-ring (bicyclic) bond motifs is 1. The fraction of sp³-hybridized carbons (Fsp3) is 0. The molecule has 5 nitrogen and oxygen atoms in total. The molecule has 1 N–H and O–H groups in total. The van der Waals surface area contributed by atoms with Crippen LogP contribution in [0.3, 0.4) is 0 Å². The van der Waals surface area contributed by atoms with Gasteiger partial charge in [0.1, 0.15) is 12.1 Å². The van der Waals surface area contributed by atoms with Gasteiger partial charge in [0.25, 0.3) is 0 Å². The third-order valence-corrected chi connectivity index (χ3v) is 1.58. The van der Waals surface area contributed by atoms with Crippen molar-refractivity contribution in [2.75, 3.05) is 0 Å². The van der Waals surface area contributed by atoms with Crippen LogP contribution in [0.15, 0.2) is 18.7 Å². The first-order valence-corrected chi connectivity index (χ1v) is 3.58. The second kappa shape index (κ2) is 2.78. The van der Waals surface area contributed by atoms with E-state index in [9.17, 15) is 4.79 Å². The number of carboxylic acid groups (broad SMARTS) is 1. The highest BCUT2D eigenvalue weighted by Gasteiger charge is 2.10. The molecule has 0 radical (unpaired) electrons. The van der Waals surface area contributed by atoms with E-state index >= 15 is 0 Å². The summed E-state index contributed by atoms with van der Waals surface area (Å²) in [6.07, 6.45) is 7.49. The van der Waals surface area contributed by atoms with Crippen molar-refractivity contribution in [1.82, 2.24) is 9.55 Å². The zero-order valence-electron chi connectivity index (χ0n) is 6.54. The Bertz CT molecular complexity index is 374. The second-order valence-corrected chi connectivity index (χ2v) is 2.42. The van der Waals surface area contributed by atoms with E-state index in [4.69, 9.17) is 9.84 Å². The van der Waals surface area contributed by atoms with E-state index in [0.717, 1.165) is 0 Å². The second-order valence-electron chi connectivity index (χ2n) is 2.42. The summed E-state index contributed by atoms with van der Waals surface area (Å²) in [5.41, 5.74) is 0.0196. The molecular weight excluding hydrogens is 172 g/mol. The average molecular weight is 178 g/mol. The monoisotopic (exact) mass is 178 g/mol. The molecule has 0 spiro atoms. The van der Waals surface area contributed by atoms with Gasteiger partial charge in [0.2, 0.25) is 0 Å². The number of aromatic carboxylic acids is 1. The lowest BCUT2D eigenvalue weighted by Crippen LogP contribution is -1.95. The number of carbonyl (C=O) groups is 1. The lowest BCUT2D eigenvalue weighted by Gasteiger charge is -1.89. The van der Waals surface area contributed by atoms with Gasteiger partial charge < -0.3 is 14.4 Å². The molecule has 0 saturated carbocycles. The standard InChI is InChI=1S/C8H6N2O3/c11-8(12)6-5-10-2-4-13-3-1-7(10)9-6/h1-5H,(H,11,12). The molecule has 0 aliphatic carbocycles. The first-order valence-electron chi connectivity index (χ1n) is 3.58. The van der Waals surface area contributed by atoms with Gasteiger partial charge in [-0.1, -0.05) is 0 Å². The zero-order valence-corrected chi connectivity index (χ0v) is 6.54. The van der Waals surface area contributed by atoms with E-state index in [2.05, 4.69) is 4.98 Å². The first kappa shape index (κ1) is 7.60. The van der Waals surface area contributed by atoms with E-state index in [1.54, 1.807) is 16.8 Å². The van der Waals surface area contributed by atoms with Crippen LogP contribution in [0.4, 0.5) is 0 Å². The molecule has 0 aromatic carbocycles. The molecule has 0 amide bonds. The van der Waals surface area contributed by atoms with Crippen molar-refractivity contribution >= 4 is 18.2 Å². The van der Waals surface area contributed by atoms with Crippen molar-refractivity contribution in [3.63, 3.8) is 0 Å². The summed E-state index contributed by atoms with van der Waals surface area (Å²) < 4.78 is 6.44. The fourth-order valence-corrected chi connectivity index (χ4v) is 1.000. The van der Waals surface area contributed by atoms with E-state index in [-0.39, 0.29) is 5.69 Å². The number of carboxylic acids is 1. The molecule has 0 fully saturated rings. The molecule has 66 valence electrons. The summed E-state index contributed by atoms with van der Waals surface area (Å²) >= 11 is 0. The molecule has 1 aromatic heterocycles.